The van der Waals surface area contributed by atoms with Gasteiger partial charge >= 0.3 is 5.97 Å². The van der Waals surface area contributed by atoms with Crippen molar-refractivity contribution in [3.63, 3.8) is 0 Å². The molecule has 0 aliphatic rings. The molecule has 0 saturated carbocycles. The summed E-state index contributed by atoms with van der Waals surface area (Å²) in [4.78, 5) is 39.1. The van der Waals surface area contributed by atoms with E-state index in [-0.39, 0.29) is 43.9 Å². The Morgan fingerprint density at radius 1 is 0.718 bits per heavy atom. The first-order valence-electron chi connectivity index (χ1n) is 11.8. The first kappa shape index (κ1) is 24.5. The van der Waals surface area contributed by atoms with E-state index in [1.54, 1.807) is 42.5 Å². The third-order valence-corrected chi connectivity index (χ3v) is 8.36. The summed E-state index contributed by atoms with van der Waals surface area (Å²) < 4.78 is 41.5. The molecule has 0 spiro atoms. The van der Waals surface area contributed by atoms with E-state index in [0.29, 0.717) is 5.58 Å². The van der Waals surface area contributed by atoms with Gasteiger partial charge in [-0.3, -0.25) is 9.59 Å². The number of nitrogens with one attached hydrogen (secondary N) is 1. The van der Waals surface area contributed by atoms with E-state index in [1.807, 2.05) is 0 Å². The van der Waals surface area contributed by atoms with E-state index in [0.717, 1.165) is 6.92 Å². The van der Waals surface area contributed by atoms with Crippen LogP contribution in [0.4, 0.5) is 0 Å². The number of para-hydroxylation sites is 2. The fourth-order valence-electron chi connectivity index (χ4n) is 4.84. The zero-order chi connectivity index (χ0) is 27.5. The zero-order valence-corrected chi connectivity index (χ0v) is 21.1. The Bertz CT molecular complexity index is 2220. The Kier molecular flexibility index (Phi) is 5.42. The van der Waals surface area contributed by atoms with Crippen molar-refractivity contribution >= 4 is 59.9 Å². The fourth-order valence-corrected chi connectivity index (χ4v) is 6.41. The highest BCUT2D eigenvalue weighted by molar-refractivity contribution is 7.89. The molecule has 4 aromatic carbocycles. The standard InChI is InChI=1S/C29H19NO8S/c1-29(28(33)34,18-10-6-13-21-24(18)26(31)16-8-2-4-11-19(16)37-21)30-39(35,36)23-15-7-14-22-25(23)27(32)17-9-3-5-12-20(17)38-22/h2-15,30H,1H3,(H,33,34). The average Bonchev–Trinajstić information content (AvgIpc) is 2.92. The Hall–Kier alpha value is -4.80. The van der Waals surface area contributed by atoms with Gasteiger partial charge in [0.15, 0.2) is 5.54 Å². The van der Waals surface area contributed by atoms with E-state index in [4.69, 9.17) is 8.83 Å². The van der Waals surface area contributed by atoms with Gasteiger partial charge in [0, 0.05) is 0 Å². The number of carboxylic acid groups (broad SMARTS) is 1. The molecule has 1 unspecified atom stereocenters. The van der Waals surface area contributed by atoms with Crippen LogP contribution in [0.1, 0.15) is 12.5 Å². The maximum absolute atomic E-state index is 13.8. The van der Waals surface area contributed by atoms with E-state index >= 15 is 0 Å². The van der Waals surface area contributed by atoms with Gasteiger partial charge < -0.3 is 13.9 Å². The molecule has 194 valence electrons. The Labute approximate surface area is 220 Å². The number of hydrogen-bond donors (Lipinski definition) is 2. The number of carbonyl (C=O) groups is 1. The summed E-state index contributed by atoms with van der Waals surface area (Å²) in [6.45, 7) is 1.14. The lowest BCUT2D eigenvalue weighted by atomic mass is 9.89. The van der Waals surface area contributed by atoms with Gasteiger partial charge in [-0.05, 0) is 55.0 Å². The van der Waals surface area contributed by atoms with Crippen LogP contribution in [0.2, 0.25) is 0 Å². The molecule has 1 atom stereocenters. The molecule has 0 aliphatic carbocycles. The molecule has 2 N–H and O–H groups in total. The van der Waals surface area contributed by atoms with Crippen LogP contribution in [0.25, 0.3) is 43.9 Å². The number of carboxylic acids is 1. The minimum absolute atomic E-state index is 0.0240. The predicted octanol–water partition coefficient (Wildman–Crippen LogP) is 4.48. The first-order valence-corrected chi connectivity index (χ1v) is 13.3. The molecule has 9 nitrogen and oxygen atoms in total. The highest BCUT2D eigenvalue weighted by Crippen LogP contribution is 2.32. The van der Waals surface area contributed by atoms with Crippen LogP contribution in [0.5, 0.6) is 0 Å². The van der Waals surface area contributed by atoms with Crippen molar-refractivity contribution in [1.82, 2.24) is 4.72 Å². The van der Waals surface area contributed by atoms with Crippen LogP contribution in [-0.2, 0) is 20.4 Å². The number of hydrogen-bond acceptors (Lipinski definition) is 7. The highest BCUT2D eigenvalue weighted by Gasteiger charge is 2.42. The normalized spacial score (nSPS) is 13.7. The van der Waals surface area contributed by atoms with E-state index < -0.39 is 37.3 Å². The summed E-state index contributed by atoms with van der Waals surface area (Å²) in [5.74, 6) is -1.57. The van der Waals surface area contributed by atoms with Gasteiger partial charge in [-0.1, -0.05) is 42.5 Å². The molecule has 0 amide bonds. The Balaban J connectivity index is 1.59. The summed E-state index contributed by atoms with van der Waals surface area (Å²) in [5, 5.41) is 10.4. The topological polar surface area (TPSA) is 144 Å². The average molecular weight is 542 g/mol. The van der Waals surface area contributed by atoms with Crippen molar-refractivity contribution in [1.29, 1.82) is 0 Å². The Morgan fingerprint density at radius 3 is 1.79 bits per heavy atom. The third kappa shape index (κ3) is 3.72. The van der Waals surface area contributed by atoms with Gasteiger partial charge in [-0.15, -0.1) is 0 Å². The van der Waals surface area contributed by atoms with Gasteiger partial charge in [0.1, 0.15) is 22.3 Å². The number of sulfonamides is 1. The SMILES string of the molecule is CC(NS(=O)(=O)c1cccc2oc3ccccc3c(=O)c12)(C(=O)O)c1cccc2oc3ccccc3c(=O)c12. The molecule has 39 heavy (non-hydrogen) atoms. The molecule has 10 heteroatoms. The molecule has 6 aromatic rings. The smallest absolute Gasteiger partial charge is 0.329 e. The van der Waals surface area contributed by atoms with Gasteiger partial charge in [0.25, 0.3) is 0 Å². The lowest BCUT2D eigenvalue weighted by Gasteiger charge is -2.27. The molecule has 6 rings (SSSR count). The fraction of sp³-hybridized carbons (Fsp3) is 0.0690. The van der Waals surface area contributed by atoms with Gasteiger partial charge in [0.2, 0.25) is 20.9 Å². The van der Waals surface area contributed by atoms with Gasteiger partial charge in [-0.25, -0.2) is 13.2 Å². The second kappa shape index (κ2) is 8.62. The molecule has 0 aliphatic heterocycles. The van der Waals surface area contributed by atoms with Crippen LogP contribution in [-0.4, -0.2) is 19.5 Å². The van der Waals surface area contributed by atoms with E-state index in [2.05, 4.69) is 4.72 Å². The summed E-state index contributed by atoms with van der Waals surface area (Å²) in [6, 6.07) is 21.3. The molecule has 0 bridgehead atoms. The summed E-state index contributed by atoms with van der Waals surface area (Å²) in [6.07, 6.45) is 0. The van der Waals surface area contributed by atoms with E-state index in [9.17, 15) is 27.9 Å². The molecule has 2 aromatic heterocycles. The van der Waals surface area contributed by atoms with Crippen LogP contribution in [0.15, 0.2) is 108 Å². The minimum atomic E-state index is -4.68. The van der Waals surface area contributed by atoms with Gasteiger partial charge in [-0.2, -0.15) is 4.72 Å². The maximum Gasteiger partial charge on any atom is 0.329 e. The lowest BCUT2D eigenvalue weighted by Crippen LogP contribution is -2.50. The van der Waals surface area contributed by atoms with Crippen molar-refractivity contribution < 1.29 is 27.2 Å². The monoisotopic (exact) mass is 541 g/mol. The zero-order valence-electron chi connectivity index (χ0n) is 20.3. The maximum atomic E-state index is 13.8. The lowest BCUT2D eigenvalue weighted by molar-refractivity contribution is -0.143. The van der Waals surface area contributed by atoms with Crippen molar-refractivity contribution in [2.24, 2.45) is 0 Å². The minimum Gasteiger partial charge on any atom is -0.480 e. The molecular formula is C29H19NO8S. The summed E-state index contributed by atoms with van der Waals surface area (Å²) in [5.41, 5.74) is -2.82. The Morgan fingerprint density at radius 2 is 1.21 bits per heavy atom. The first-order chi connectivity index (χ1) is 18.6. The number of aliphatic carboxylic acids is 1. The van der Waals surface area contributed by atoms with Crippen molar-refractivity contribution in [3.05, 3.63) is 111 Å². The van der Waals surface area contributed by atoms with Crippen LogP contribution >= 0.6 is 0 Å². The predicted molar refractivity (Wildman–Crippen MR) is 145 cm³/mol. The summed E-state index contributed by atoms with van der Waals surface area (Å²) in [7, 11) is -4.68. The van der Waals surface area contributed by atoms with Crippen LogP contribution in [0.3, 0.4) is 0 Å². The number of fused-ring (bicyclic) bond motifs is 4. The van der Waals surface area contributed by atoms with Crippen molar-refractivity contribution in [2.45, 2.75) is 17.4 Å². The van der Waals surface area contributed by atoms with E-state index in [1.165, 1.54) is 42.5 Å². The molecule has 0 radical (unpaired) electrons. The largest absolute Gasteiger partial charge is 0.480 e. The molecule has 0 saturated heterocycles. The number of benzene rings is 4. The molecule has 0 fully saturated rings. The second-order valence-corrected chi connectivity index (χ2v) is 10.8. The second-order valence-electron chi connectivity index (χ2n) is 9.20. The van der Waals surface area contributed by atoms with Crippen molar-refractivity contribution in [2.75, 3.05) is 0 Å². The van der Waals surface area contributed by atoms with Crippen LogP contribution in [0, 0.1) is 0 Å². The van der Waals surface area contributed by atoms with Crippen LogP contribution < -0.4 is 15.6 Å². The number of rotatable bonds is 5. The van der Waals surface area contributed by atoms with Gasteiger partial charge in [0.05, 0.1) is 26.4 Å². The molecule has 2 heterocycles. The van der Waals surface area contributed by atoms with Crippen molar-refractivity contribution in [3.8, 4) is 0 Å². The highest BCUT2D eigenvalue weighted by atomic mass is 32.2. The molecular weight excluding hydrogens is 522 g/mol. The quantitative estimate of drug-likeness (QED) is 0.304. The third-order valence-electron chi connectivity index (χ3n) is 6.77. The summed E-state index contributed by atoms with van der Waals surface area (Å²) >= 11 is 0.